The first-order valence-electron chi connectivity index (χ1n) is 7.32. The predicted octanol–water partition coefficient (Wildman–Crippen LogP) is 4.59. The summed E-state index contributed by atoms with van der Waals surface area (Å²) < 4.78 is 1.01. The van der Waals surface area contributed by atoms with Gasteiger partial charge in [-0.25, -0.2) is 0 Å². The molecule has 0 spiro atoms. The maximum Gasteiger partial charge on any atom is 0.105 e. The van der Waals surface area contributed by atoms with E-state index in [1.165, 1.54) is 27.1 Å². The second-order valence-electron chi connectivity index (χ2n) is 6.21. The zero-order valence-corrected chi connectivity index (χ0v) is 12.6. The molecule has 0 saturated carbocycles. The third-order valence-corrected chi connectivity index (χ3v) is 4.33. The number of benzene rings is 3. The maximum absolute atomic E-state index is 2.31. The van der Waals surface area contributed by atoms with Crippen LogP contribution in [0.4, 0.5) is 0 Å². The molecule has 0 N–H and O–H groups in total. The van der Waals surface area contributed by atoms with Gasteiger partial charge < -0.3 is 4.48 Å². The Labute approximate surface area is 121 Å². The first kappa shape index (κ1) is 13.1. The van der Waals surface area contributed by atoms with Gasteiger partial charge in [-0.2, -0.15) is 0 Å². The summed E-state index contributed by atoms with van der Waals surface area (Å²) in [6.45, 7) is 4.46. The van der Waals surface area contributed by atoms with Crippen molar-refractivity contribution >= 4 is 21.5 Å². The van der Waals surface area contributed by atoms with E-state index in [0.29, 0.717) is 0 Å². The normalized spacial score (nSPS) is 12.2. The van der Waals surface area contributed by atoms with Crippen molar-refractivity contribution in [2.24, 2.45) is 0 Å². The van der Waals surface area contributed by atoms with Crippen LogP contribution < -0.4 is 0 Å². The van der Waals surface area contributed by atoms with Crippen molar-refractivity contribution in [2.45, 2.75) is 13.5 Å². The maximum atomic E-state index is 2.31. The summed E-state index contributed by atoms with van der Waals surface area (Å²) in [5.41, 5.74) is 1.48. The molecule has 3 aromatic rings. The third kappa shape index (κ3) is 2.30. The minimum atomic E-state index is 1.01. The van der Waals surface area contributed by atoms with Crippen LogP contribution in [-0.2, 0) is 6.54 Å². The standard InChI is InChI=1S/C19H22N/c1-4-20(2,3)14-19-17-11-7-5-9-15(17)13-16-10-6-8-12-18(16)19/h5-13H,4,14H2,1-3H3/q+1. The van der Waals surface area contributed by atoms with Crippen LogP contribution in [0.3, 0.4) is 0 Å². The fourth-order valence-corrected chi connectivity index (χ4v) is 2.82. The smallest absolute Gasteiger partial charge is 0.105 e. The highest BCUT2D eigenvalue weighted by molar-refractivity contribution is 6.02. The van der Waals surface area contributed by atoms with Crippen molar-refractivity contribution in [3.8, 4) is 0 Å². The fourth-order valence-electron chi connectivity index (χ4n) is 2.82. The Morgan fingerprint density at radius 2 is 1.30 bits per heavy atom. The van der Waals surface area contributed by atoms with E-state index in [1.54, 1.807) is 0 Å². The molecule has 1 heteroatoms. The Hall–Kier alpha value is -1.86. The average molecular weight is 264 g/mol. The van der Waals surface area contributed by atoms with Crippen molar-refractivity contribution < 1.29 is 4.48 Å². The lowest BCUT2D eigenvalue weighted by Crippen LogP contribution is -2.38. The van der Waals surface area contributed by atoms with E-state index in [-0.39, 0.29) is 0 Å². The average Bonchev–Trinajstić information content (AvgIpc) is 2.47. The molecule has 1 nitrogen and oxygen atoms in total. The van der Waals surface area contributed by atoms with E-state index < -0.39 is 0 Å². The first-order chi connectivity index (χ1) is 9.61. The van der Waals surface area contributed by atoms with E-state index in [2.05, 4.69) is 75.6 Å². The van der Waals surface area contributed by atoms with Gasteiger partial charge >= 0.3 is 0 Å². The van der Waals surface area contributed by atoms with Gasteiger partial charge in [0.1, 0.15) is 6.54 Å². The molecule has 0 radical (unpaired) electrons. The fraction of sp³-hybridized carbons (Fsp3) is 0.263. The molecule has 0 aromatic heterocycles. The Bertz CT molecular complexity index is 702. The topological polar surface area (TPSA) is 0 Å². The van der Waals surface area contributed by atoms with E-state index in [0.717, 1.165) is 17.6 Å². The van der Waals surface area contributed by atoms with Crippen LogP contribution in [0.15, 0.2) is 54.6 Å². The first-order valence-corrected chi connectivity index (χ1v) is 7.32. The van der Waals surface area contributed by atoms with Crippen LogP contribution in [0.25, 0.3) is 21.5 Å². The summed E-state index contributed by atoms with van der Waals surface area (Å²) >= 11 is 0. The SMILES string of the molecule is CC[N+](C)(C)Cc1c2ccccc2cc2ccccc12. The molecule has 3 rings (SSSR count). The lowest BCUT2D eigenvalue weighted by atomic mass is 9.96. The van der Waals surface area contributed by atoms with Gasteiger partial charge in [0.25, 0.3) is 0 Å². The second kappa shape index (κ2) is 4.92. The highest BCUT2D eigenvalue weighted by Crippen LogP contribution is 2.30. The summed E-state index contributed by atoms with van der Waals surface area (Å²) in [5, 5.41) is 5.48. The molecule has 0 unspecified atom stereocenters. The van der Waals surface area contributed by atoms with Gasteiger partial charge in [0.15, 0.2) is 0 Å². The minimum Gasteiger partial charge on any atom is -0.325 e. The molecule has 0 saturated heterocycles. The second-order valence-corrected chi connectivity index (χ2v) is 6.21. The lowest BCUT2D eigenvalue weighted by Gasteiger charge is -2.29. The molecule has 0 aliphatic heterocycles. The summed E-state index contributed by atoms with van der Waals surface area (Å²) in [4.78, 5) is 0. The Morgan fingerprint density at radius 3 is 1.80 bits per heavy atom. The number of hydrogen-bond acceptors (Lipinski definition) is 0. The number of hydrogen-bond donors (Lipinski definition) is 0. The van der Waals surface area contributed by atoms with Gasteiger partial charge in [0, 0.05) is 5.56 Å². The van der Waals surface area contributed by atoms with Gasteiger partial charge in [0.05, 0.1) is 20.6 Å². The van der Waals surface area contributed by atoms with Gasteiger partial charge in [0.2, 0.25) is 0 Å². The molecule has 0 amide bonds. The highest BCUT2D eigenvalue weighted by Gasteiger charge is 2.17. The van der Waals surface area contributed by atoms with Gasteiger partial charge in [-0.3, -0.25) is 0 Å². The molecule has 0 heterocycles. The van der Waals surface area contributed by atoms with Crippen molar-refractivity contribution in [2.75, 3.05) is 20.6 Å². The summed E-state index contributed by atoms with van der Waals surface area (Å²) in [6.07, 6.45) is 0. The number of quaternary nitrogens is 1. The molecular weight excluding hydrogens is 242 g/mol. The largest absolute Gasteiger partial charge is 0.325 e. The van der Waals surface area contributed by atoms with Crippen LogP contribution in [-0.4, -0.2) is 25.1 Å². The van der Waals surface area contributed by atoms with Crippen LogP contribution in [0.2, 0.25) is 0 Å². The lowest BCUT2D eigenvalue weighted by molar-refractivity contribution is -0.901. The molecule has 0 aliphatic rings. The monoisotopic (exact) mass is 264 g/mol. The summed E-state index contributed by atoms with van der Waals surface area (Å²) in [7, 11) is 4.60. The molecular formula is C19H22N+. The van der Waals surface area contributed by atoms with Crippen LogP contribution in [0.5, 0.6) is 0 Å². The summed E-state index contributed by atoms with van der Waals surface area (Å²) in [5.74, 6) is 0. The Morgan fingerprint density at radius 1 is 0.800 bits per heavy atom. The molecule has 102 valence electrons. The van der Waals surface area contributed by atoms with E-state index in [4.69, 9.17) is 0 Å². The highest BCUT2D eigenvalue weighted by atomic mass is 15.3. The van der Waals surface area contributed by atoms with Crippen LogP contribution >= 0.6 is 0 Å². The van der Waals surface area contributed by atoms with Crippen molar-refractivity contribution in [3.05, 3.63) is 60.2 Å². The molecule has 0 atom stereocenters. The van der Waals surface area contributed by atoms with Gasteiger partial charge in [-0.1, -0.05) is 48.5 Å². The number of rotatable bonds is 3. The van der Waals surface area contributed by atoms with Crippen LogP contribution in [0.1, 0.15) is 12.5 Å². The molecule has 3 aromatic carbocycles. The van der Waals surface area contributed by atoms with Gasteiger partial charge in [-0.05, 0) is 34.5 Å². The van der Waals surface area contributed by atoms with E-state index >= 15 is 0 Å². The van der Waals surface area contributed by atoms with Gasteiger partial charge in [-0.15, -0.1) is 0 Å². The molecule has 0 bridgehead atoms. The molecule has 20 heavy (non-hydrogen) atoms. The number of fused-ring (bicyclic) bond motifs is 2. The van der Waals surface area contributed by atoms with Crippen LogP contribution in [0, 0.1) is 0 Å². The predicted molar refractivity (Wildman–Crippen MR) is 87.8 cm³/mol. The van der Waals surface area contributed by atoms with E-state index in [9.17, 15) is 0 Å². The molecule has 0 fully saturated rings. The van der Waals surface area contributed by atoms with Crippen molar-refractivity contribution in [3.63, 3.8) is 0 Å². The zero-order valence-electron chi connectivity index (χ0n) is 12.6. The molecule has 0 aliphatic carbocycles. The van der Waals surface area contributed by atoms with Crippen molar-refractivity contribution in [1.82, 2.24) is 0 Å². The third-order valence-electron chi connectivity index (χ3n) is 4.33. The summed E-state index contributed by atoms with van der Waals surface area (Å²) in [6, 6.07) is 19.8. The zero-order chi connectivity index (χ0) is 14.2. The van der Waals surface area contributed by atoms with Crippen molar-refractivity contribution in [1.29, 1.82) is 0 Å². The minimum absolute atomic E-state index is 1.01. The van der Waals surface area contributed by atoms with E-state index in [1.807, 2.05) is 0 Å². The Kier molecular flexibility index (Phi) is 3.23. The Balaban J connectivity index is 2.33. The number of nitrogens with zero attached hydrogens (tertiary/aromatic N) is 1. The quantitative estimate of drug-likeness (QED) is 0.479.